The van der Waals surface area contributed by atoms with Gasteiger partial charge in [0, 0.05) is 37.0 Å². The van der Waals surface area contributed by atoms with Crippen LogP contribution in [0.4, 0.5) is 0 Å². The van der Waals surface area contributed by atoms with Crippen molar-refractivity contribution >= 4 is 17.7 Å². The van der Waals surface area contributed by atoms with Gasteiger partial charge >= 0.3 is 11.9 Å². The van der Waals surface area contributed by atoms with Crippen LogP contribution in [0.15, 0.2) is 22.8 Å². The molecule has 0 radical (unpaired) electrons. The summed E-state index contributed by atoms with van der Waals surface area (Å²) in [6.45, 7) is 17.3. The molecule has 0 aromatic carbocycles. The smallest absolute Gasteiger partial charge is 0.302 e. The number of Topliss-reactive ketones (excluding diaryl/α,β-unsaturated/α-hetero) is 1. The van der Waals surface area contributed by atoms with Gasteiger partial charge in [0.05, 0.1) is 0 Å². The average molecular weight is 525 g/mol. The lowest BCUT2D eigenvalue weighted by Crippen LogP contribution is -2.61. The van der Waals surface area contributed by atoms with E-state index >= 15 is 0 Å². The Balaban J connectivity index is 1.53. The van der Waals surface area contributed by atoms with Crippen LogP contribution < -0.4 is 0 Å². The lowest BCUT2D eigenvalue weighted by Gasteiger charge is -2.67. The van der Waals surface area contributed by atoms with Crippen LogP contribution in [0.5, 0.6) is 0 Å². The van der Waals surface area contributed by atoms with E-state index in [2.05, 4.69) is 47.6 Å². The number of hydrogen-bond acceptors (Lipinski definition) is 5. The van der Waals surface area contributed by atoms with Gasteiger partial charge in [-0.25, -0.2) is 0 Å². The third-order valence-electron chi connectivity index (χ3n) is 11.9. The molecule has 0 saturated heterocycles. The Labute approximate surface area is 229 Å². The Morgan fingerprint density at radius 3 is 2.32 bits per heavy atom. The summed E-state index contributed by atoms with van der Waals surface area (Å²) in [6.07, 6.45) is 10.2. The van der Waals surface area contributed by atoms with Gasteiger partial charge in [-0.3, -0.25) is 14.4 Å². The van der Waals surface area contributed by atoms with Crippen LogP contribution >= 0.6 is 0 Å². The van der Waals surface area contributed by atoms with Crippen molar-refractivity contribution < 1.29 is 23.9 Å². The highest BCUT2D eigenvalue weighted by atomic mass is 16.5. The second kappa shape index (κ2) is 9.06. The van der Waals surface area contributed by atoms with E-state index < -0.39 is 0 Å². The Morgan fingerprint density at radius 2 is 1.68 bits per heavy atom. The number of carbonyl (C=O) groups is 3. The molecular formula is C33H48O5. The molecule has 5 rings (SSSR count). The van der Waals surface area contributed by atoms with E-state index in [4.69, 9.17) is 9.47 Å². The maximum atomic E-state index is 13.4. The van der Waals surface area contributed by atoms with Gasteiger partial charge < -0.3 is 9.47 Å². The van der Waals surface area contributed by atoms with Crippen LogP contribution in [0.1, 0.15) is 107 Å². The summed E-state index contributed by atoms with van der Waals surface area (Å²) in [5, 5.41) is 0. The van der Waals surface area contributed by atoms with E-state index in [0.29, 0.717) is 24.9 Å². The van der Waals surface area contributed by atoms with Gasteiger partial charge in [-0.15, -0.1) is 0 Å². The molecule has 0 spiro atoms. The fraction of sp³-hybridized carbons (Fsp3) is 0.788. The van der Waals surface area contributed by atoms with Crippen molar-refractivity contribution in [2.75, 3.05) is 6.61 Å². The first kappa shape index (κ1) is 27.6. The molecule has 5 heteroatoms. The number of hydrogen-bond donors (Lipinski definition) is 0. The van der Waals surface area contributed by atoms with Crippen LogP contribution in [0.25, 0.3) is 0 Å². The van der Waals surface area contributed by atoms with Crippen molar-refractivity contribution in [3.63, 3.8) is 0 Å². The minimum atomic E-state index is -0.370. The number of carbonyl (C=O) groups excluding carboxylic acids is 3. The van der Waals surface area contributed by atoms with Crippen molar-refractivity contribution in [2.24, 2.45) is 45.3 Å². The first-order chi connectivity index (χ1) is 17.7. The number of ketones is 1. The Kier molecular flexibility index (Phi) is 6.59. The third kappa shape index (κ3) is 3.88. The van der Waals surface area contributed by atoms with Crippen LogP contribution in [0.2, 0.25) is 0 Å². The molecule has 0 heterocycles. The molecule has 0 bridgehead atoms. The summed E-state index contributed by atoms with van der Waals surface area (Å²) in [7, 11) is 0. The van der Waals surface area contributed by atoms with Crippen molar-refractivity contribution in [3.8, 4) is 0 Å². The molecule has 0 N–H and O–H groups in total. The monoisotopic (exact) mass is 524 g/mol. The quantitative estimate of drug-likeness (QED) is 0.293. The molecule has 0 unspecified atom stereocenters. The summed E-state index contributed by atoms with van der Waals surface area (Å²) in [5.74, 6) is 1.33. The zero-order valence-electron chi connectivity index (χ0n) is 24.9. The molecule has 0 aromatic rings. The van der Waals surface area contributed by atoms with Gasteiger partial charge in [0.2, 0.25) is 0 Å². The van der Waals surface area contributed by atoms with Gasteiger partial charge in [0.15, 0.2) is 5.78 Å². The molecule has 7 atom stereocenters. The first-order valence-electron chi connectivity index (χ1n) is 15.0. The molecule has 38 heavy (non-hydrogen) atoms. The molecule has 0 aromatic heterocycles. The van der Waals surface area contributed by atoms with Crippen LogP contribution in [0.3, 0.4) is 0 Å². The van der Waals surface area contributed by atoms with E-state index in [1.54, 1.807) is 5.57 Å². The fourth-order valence-corrected chi connectivity index (χ4v) is 10.5. The van der Waals surface area contributed by atoms with E-state index in [1.807, 2.05) is 0 Å². The molecule has 210 valence electrons. The minimum Gasteiger partial charge on any atom is -0.465 e. The molecule has 3 fully saturated rings. The number of rotatable bonds is 4. The van der Waals surface area contributed by atoms with Gasteiger partial charge in [-0.1, -0.05) is 53.2 Å². The number of ether oxygens (including phenoxy) is 2. The molecule has 3 saturated carbocycles. The van der Waals surface area contributed by atoms with Crippen molar-refractivity contribution in [1.29, 1.82) is 0 Å². The summed E-state index contributed by atoms with van der Waals surface area (Å²) in [6, 6.07) is 0. The highest BCUT2D eigenvalue weighted by Gasteiger charge is 2.65. The maximum Gasteiger partial charge on any atom is 0.302 e. The third-order valence-corrected chi connectivity index (χ3v) is 11.9. The average Bonchev–Trinajstić information content (AvgIpc) is 3.12. The Hall–Kier alpha value is -1.91. The lowest BCUT2D eigenvalue weighted by atomic mass is 9.38. The predicted molar refractivity (Wildman–Crippen MR) is 147 cm³/mol. The topological polar surface area (TPSA) is 69.7 Å². The summed E-state index contributed by atoms with van der Waals surface area (Å²) in [4.78, 5) is 37.1. The summed E-state index contributed by atoms with van der Waals surface area (Å²) < 4.78 is 11.5. The van der Waals surface area contributed by atoms with E-state index in [1.165, 1.54) is 19.4 Å². The minimum absolute atomic E-state index is 0.0159. The Bertz CT molecular complexity index is 1110. The normalized spacial score (nSPS) is 41.5. The standard InChI is InChI=1S/C33H48O5/c1-19(2)28-24(36)17-33(18-37-20(3)34)16-11-23-22(29(28)33)9-10-26-31(23,7)14-12-25-30(5,6)27(38-21(4)35)13-15-32(25,26)8/h11,19,22,25-27H,9-10,12-18H2,1-8H3/t22-,25-,26-,27-,31-,32-,33-/m0/s1. The van der Waals surface area contributed by atoms with E-state index in [9.17, 15) is 14.4 Å². The lowest BCUT2D eigenvalue weighted by molar-refractivity contribution is -0.192. The molecule has 0 aliphatic heterocycles. The SMILES string of the molecule is CC(=O)OC[C@@]12CC=C3[C@H](CC[C@@H]4[C@@]5(C)CC[C@H](OC(C)=O)C(C)(C)[C@@H]5CC[C@@]34C)C1=C(C(C)C)C(=O)C2. The van der Waals surface area contributed by atoms with E-state index in [0.717, 1.165) is 50.5 Å². The molecule has 0 amide bonds. The molecule has 5 nitrogen and oxygen atoms in total. The summed E-state index contributed by atoms with van der Waals surface area (Å²) >= 11 is 0. The van der Waals surface area contributed by atoms with Crippen molar-refractivity contribution in [1.82, 2.24) is 0 Å². The first-order valence-corrected chi connectivity index (χ1v) is 15.0. The van der Waals surface area contributed by atoms with E-state index in [-0.39, 0.29) is 57.3 Å². The van der Waals surface area contributed by atoms with Crippen molar-refractivity contribution in [2.45, 2.75) is 113 Å². The van der Waals surface area contributed by atoms with Gasteiger partial charge in [-0.05, 0) is 84.7 Å². The second-order valence-electron chi connectivity index (χ2n) is 14.7. The van der Waals surface area contributed by atoms with Crippen molar-refractivity contribution in [3.05, 3.63) is 22.8 Å². The predicted octanol–water partition coefficient (Wildman–Crippen LogP) is 6.99. The zero-order valence-corrected chi connectivity index (χ0v) is 24.9. The highest BCUT2D eigenvalue weighted by Crippen LogP contribution is 2.71. The van der Waals surface area contributed by atoms with Crippen LogP contribution in [-0.2, 0) is 23.9 Å². The second-order valence-corrected chi connectivity index (χ2v) is 14.7. The molecule has 5 aliphatic carbocycles. The number of esters is 2. The van der Waals surface area contributed by atoms with Crippen LogP contribution in [0, 0.1) is 45.3 Å². The molecule has 5 aliphatic rings. The van der Waals surface area contributed by atoms with Crippen LogP contribution in [-0.4, -0.2) is 30.4 Å². The Morgan fingerprint density at radius 1 is 0.974 bits per heavy atom. The summed E-state index contributed by atoms with van der Waals surface area (Å²) in [5.41, 5.74) is 3.72. The fourth-order valence-electron chi connectivity index (χ4n) is 10.5. The zero-order chi connectivity index (χ0) is 27.8. The van der Waals surface area contributed by atoms with Gasteiger partial charge in [0.1, 0.15) is 12.7 Å². The highest BCUT2D eigenvalue weighted by molar-refractivity contribution is 6.01. The van der Waals surface area contributed by atoms with Gasteiger partial charge in [0.25, 0.3) is 0 Å². The number of allylic oxidation sites excluding steroid dienone is 3. The van der Waals surface area contributed by atoms with Gasteiger partial charge in [-0.2, -0.15) is 0 Å². The largest absolute Gasteiger partial charge is 0.465 e. The number of fused-ring (bicyclic) bond motifs is 7. The molecular weight excluding hydrogens is 476 g/mol. The maximum absolute atomic E-state index is 13.4.